The molecular weight excluding hydrogens is 262 g/mol. The highest BCUT2D eigenvalue weighted by Crippen LogP contribution is 2.41. The van der Waals surface area contributed by atoms with E-state index in [2.05, 4.69) is 4.98 Å². The van der Waals surface area contributed by atoms with Crippen LogP contribution in [0, 0.1) is 21.4 Å². The normalized spacial score (nSPS) is 22.2. The number of pyridine rings is 1. The lowest BCUT2D eigenvalue weighted by atomic mass is 9.76. The van der Waals surface area contributed by atoms with E-state index in [9.17, 15) is 20.0 Å². The average Bonchev–Trinajstić information content (AvgIpc) is 2.85. The van der Waals surface area contributed by atoms with E-state index in [4.69, 9.17) is 0 Å². The van der Waals surface area contributed by atoms with Gasteiger partial charge in [0.2, 0.25) is 0 Å². The minimum atomic E-state index is -0.850. The van der Waals surface area contributed by atoms with Crippen molar-refractivity contribution in [3.63, 3.8) is 0 Å². The molecule has 7 heteroatoms. The topological polar surface area (TPSA) is 96.6 Å². The van der Waals surface area contributed by atoms with Gasteiger partial charge in [0.1, 0.15) is 11.9 Å². The first kappa shape index (κ1) is 14.2. The van der Waals surface area contributed by atoms with Crippen LogP contribution in [0.5, 0.6) is 0 Å². The monoisotopic (exact) mass is 279 g/mol. The molecule has 0 bridgehead atoms. The largest absolute Gasteiger partial charge is 0.481 e. The quantitative estimate of drug-likeness (QED) is 0.668. The molecule has 1 unspecified atom stereocenters. The molecule has 0 spiro atoms. The van der Waals surface area contributed by atoms with Crippen LogP contribution in [-0.4, -0.2) is 34.1 Å². The van der Waals surface area contributed by atoms with Crippen LogP contribution in [0.4, 0.5) is 11.4 Å². The van der Waals surface area contributed by atoms with Gasteiger partial charge in [0, 0.05) is 19.3 Å². The molecule has 1 aromatic heterocycles. The third kappa shape index (κ3) is 2.19. The number of hydrogen-bond donors (Lipinski definition) is 1. The Bertz CT molecular complexity index is 546. The standard InChI is InChI=1S/C13H17N3O4/c1-9(2)13(12(17)18)4-6-15(8-13)10-3-5-14-7-11(10)16(19)20/h3,5,7,9H,4,6,8H2,1-2H3,(H,17,18). The maximum absolute atomic E-state index is 11.6. The lowest BCUT2D eigenvalue weighted by Gasteiger charge is -2.29. The minimum Gasteiger partial charge on any atom is -0.481 e. The molecule has 1 atom stereocenters. The molecule has 108 valence electrons. The zero-order valence-electron chi connectivity index (χ0n) is 11.4. The van der Waals surface area contributed by atoms with Crippen LogP contribution >= 0.6 is 0 Å². The second-order valence-electron chi connectivity index (χ2n) is 5.41. The van der Waals surface area contributed by atoms with Crippen LogP contribution in [0.3, 0.4) is 0 Å². The highest BCUT2D eigenvalue weighted by atomic mass is 16.6. The fraction of sp³-hybridized carbons (Fsp3) is 0.538. The third-order valence-electron chi connectivity index (χ3n) is 4.15. The van der Waals surface area contributed by atoms with Crippen LogP contribution in [-0.2, 0) is 4.79 Å². The number of carbonyl (C=O) groups is 1. The van der Waals surface area contributed by atoms with E-state index in [1.165, 1.54) is 12.4 Å². The van der Waals surface area contributed by atoms with Crippen LogP contribution in [0.1, 0.15) is 20.3 Å². The number of nitro groups is 1. The Morgan fingerprint density at radius 3 is 2.80 bits per heavy atom. The molecule has 0 aliphatic carbocycles. The summed E-state index contributed by atoms with van der Waals surface area (Å²) in [5.74, 6) is -0.877. The van der Waals surface area contributed by atoms with Gasteiger partial charge >= 0.3 is 11.7 Å². The predicted octanol–water partition coefficient (Wildman–Crippen LogP) is 1.93. The molecule has 2 rings (SSSR count). The number of aromatic nitrogens is 1. The number of aliphatic carboxylic acids is 1. The fourth-order valence-corrected chi connectivity index (χ4v) is 2.72. The van der Waals surface area contributed by atoms with Gasteiger partial charge in [0.05, 0.1) is 10.3 Å². The molecular formula is C13H17N3O4. The van der Waals surface area contributed by atoms with Crippen molar-refractivity contribution in [2.75, 3.05) is 18.0 Å². The van der Waals surface area contributed by atoms with Crippen molar-refractivity contribution >= 4 is 17.3 Å². The molecule has 1 aliphatic rings. The van der Waals surface area contributed by atoms with Gasteiger partial charge in [-0.15, -0.1) is 0 Å². The first-order valence-corrected chi connectivity index (χ1v) is 6.45. The van der Waals surface area contributed by atoms with Crippen molar-refractivity contribution in [3.05, 3.63) is 28.6 Å². The number of hydrogen-bond acceptors (Lipinski definition) is 5. The number of nitrogens with zero attached hydrogens (tertiary/aromatic N) is 3. The minimum absolute atomic E-state index is 0.0362. The Balaban J connectivity index is 2.34. The zero-order valence-corrected chi connectivity index (χ0v) is 11.4. The lowest BCUT2D eigenvalue weighted by Crippen LogP contribution is -2.39. The van der Waals surface area contributed by atoms with E-state index in [1.807, 2.05) is 13.8 Å². The number of carboxylic acids is 1. The molecule has 1 aromatic rings. The van der Waals surface area contributed by atoms with Crippen molar-refractivity contribution in [1.82, 2.24) is 4.98 Å². The van der Waals surface area contributed by atoms with Crippen LogP contribution in [0.15, 0.2) is 18.5 Å². The summed E-state index contributed by atoms with van der Waals surface area (Å²) in [5, 5.41) is 20.5. The summed E-state index contributed by atoms with van der Waals surface area (Å²) < 4.78 is 0. The van der Waals surface area contributed by atoms with Crippen LogP contribution in [0.25, 0.3) is 0 Å². The second kappa shape index (κ2) is 5.07. The highest BCUT2D eigenvalue weighted by Gasteiger charge is 2.48. The molecule has 0 amide bonds. The summed E-state index contributed by atoms with van der Waals surface area (Å²) in [7, 11) is 0. The van der Waals surface area contributed by atoms with Gasteiger partial charge in [-0.1, -0.05) is 13.8 Å². The van der Waals surface area contributed by atoms with Crippen molar-refractivity contribution in [2.45, 2.75) is 20.3 Å². The van der Waals surface area contributed by atoms with Gasteiger partial charge in [0.15, 0.2) is 0 Å². The van der Waals surface area contributed by atoms with Crippen LogP contribution < -0.4 is 4.90 Å². The Kier molecular flexibility index (Phi) is 3.61. The molecule has 1 saturated heterocycles. The summed E-state index contributed by atoms with van der Waals surface area (Å²) in [6, 6.07) is 1.57. The van der Waals surface area contributed by atoms with Gasteiger partial charge in [0.25, 0.3) is 0 Å². The SMILES string of the molecule is CC(C)C1(C(=O)O)CCN(c2ccncc2[N+](=O)[O-])C1. The van der Waals surface area contributed by atoms with Gasteiger partial charge in [-0.05, 0) is 18.4 Å². The predicted molar refractivity (Wildman–Crippen MR) is 72.6 cm³/mol. The summed E-state index contributed by atoms with van der Waals surface area (Å²) in [5.41, 5.74) is -0.497. The summed E-state index contributed by atoms with van der Waals surface area (Å²) in [6.07, 6.45) is 3.17. The van der Waals surface area contributed by atoms with E-state index < -0.39 is 16.3 Å². The maximum atomic E-state index is 11.6. The molecule has 2 heterocycles. The summed E-state index contributed by atoms with van der Waals surface area (Å²) in [6.45, 7) is 4.53. The van der Waals surface area contributed by atoms with E-state index in [1.54, 1.807) is 11.0 Å². The van der Waals surface area contributed by atoms with Gasteiger partial charge in [-0.3, -0.25) is 19.9 Å². The van der Waals surface area contributed by atoms with Gasteiger partial charge in [-0.2, -0.15) is 0 Å². The molecule has 7 nitrogen and oxygen atoms in total. The summed E-state index contributed by atoms with van der Waals surface area (Å²) in [4.78, 5) is 27.7. The van der Waals surface area contributed by atoms with E-state index in [0.717, 1.165) is 0 Å². The lowest BCUT2D eigenvalue weighted by molar-refractivity contribution is -0.384. The van der Waals surface area contributed by atoms with Gasteiger partial charge in [-0.25, -0.2) is 0 Å². The molecule has 0 aromatic carbocycles. The average molecular weight is 279 g/mol. The van der Waals surface area contributed by atoms with E-state index >= 15 is 0 Å². The van der Waals surface area contributed by atoms with Crippen LogP contribution in [0.2, 0.25) is 0 Å². The Hall–Kier alpha value is -2.18. The first-order chi connectivity index (χ1) is 9.38. The Morgan fingerprint density at radius 1 is 1.60 bits per heavy atom. The van der Waals surface area contributed by atoms with Gasteiger partial charge < -0.3 is 10.0 Å². The zero-order chi connectivity index (χ0) is 14.9. The molecule has 20 heavy (non-hydrogen) atoms. The molecule has 1 aliphatic heterocycles. The smallest absolute Gasteiger partial charge is 0.311 e. The highest BCUT2D eigenvalue weighted by molar-refractivity contribution is 5.78. The molecule has 1 fully saturated rings. The number of rotatable bonds is 4. The Labute approximate surface area is 116 Å². The first-order valence-electron chi connectivity index (χ1n) is 6.45. The summed E-state index contributed by atoms with van der Waals surface area (Å²) >= 11 is 0. The third-order valence-corrected chi connectivity index (χ3v) is 4.15. The molecule has 0 saturated carbocycles. The van der Waals surface area contributed by atoms with Crippen molar-refractivity contribution < 1.29 is 14.8 Å². The van der Waals surface area contributed by atoms with Crippen molar-refractivity contribution in [2.24, 2.45) is 11.3 Å². The number of anilines is 1. The van der Waals surface area contributed by atoms with E-state index in [0.29, 0.717) is 18.7 Å². The second-order valence-corrected chi connectivity index (χ2v) is 5.41. The number of carboxylic acid groups (broad SMARTS) is 1. The Morgan fingerprint density at radius 2 is 2.30 bits per heavy atom. The maximum Gasteiger partial charge on any atom is 0.311 e. The molecule has 1 N–H and O–H groups in total. The molecule has 0 radical (unpaired) electrons. The van der Waals surface area contributed by atoms with E-state index in [-0.39, 0.29) is 18.2 Å². The van der Waals surface area contributed by atoms with Crippen molar-refractivity contribution in [1.29, 1.82) is 0 Å². The van der Waals surface area contributed by atoms with Crippen molar-refractivity contribution in [3.8, 4) is 0 Å². The fourth-order valence-electron chi connectivity index (χ4n) is 2.72.